The van der Waals surface area contributed by atoms with Crippen LogP contribution in [-0.2, 0) is 5.67 Å². The third kappa shape index (κ3) is 3.71. The number of nitrogens with zero attached hydrogens (tertiary/aromatic N) is 2. The van der Waals surface area contributed by atoms with Crippen molar-refractivity contribution in [1.29, 1.82) is 10.7 Å². The third-order valence-electron chi connectivity index (χ3n) is 5.76. The summed E-state index contributed by atoms with van der Waals surface area (Å²) in [6.07, 6.45) is 0. The lowest BCUT2D eigenvalue weighted by Gasteiger charge is -2.45. The molecule has 5 nitrogen and oxygen atoms in total. The summed E-state index contributed by atoms with van der Waals surface area (Å²) in [5.41, 5.74) is 9.99. The van der Waals surface area contributed by atoms with E-state index in [0.717, 1.165) is 11.1 Å². The zero-order valence-corrected chi connectivity index (χ0v) is 17.6. The molecule has 1 heterocycles. The highest BCUT2D eigenvalue weighted by Gasteiger charge is 2.47. The molecular formula is C24H25FN4O. The quantitative estimate of drug-likeness (QED) is 0.747. The van der Waals surface area contributed by atoms with Crippen LogP contribution >= 0.6 is 0 Å². The molecule has 1 aliphatic rings. The van der Waals surface area contributed by atoms with E-state index in [2.05, 4.69) is 0 Å². The van der Waals surface area contributed by atoms with Crippen LogP contribution in [0.25, 0.3) is 5.70 Å². The molecule has 1 aliphatic heterocycles. The van der Waals surface area contributed by atoms with E-state index >= 15 is 4.39 Å². The number of halogens is 1. The van der Waals surface area contributed by atoms with Gasteiger partial charge in [-0.3, -0.25) is 4.79 Å². The Hall–Kier alpha value is -3.46. The van der Waals surface area contributed by atoms with Gasteiger partial charge in [-0.15, -0.1) is 0 Å². The monoisotopic (exact) mass is 404 g/mol. The second kappa shape index (κ2) is 7.75. The highest BCUT2D eigenvalue weighted by Crippen LogP contribution is 2.37. The first-order valence-corrected chi connectivity index (χ1v) is 9.69. The first-order chi connectivity index (χ1) is 14.1. The number of rotatable bonds is 4. The van der Waals surface area contributed by atoms with Gasteiger partial charge in [-0.05, 0) is 68.2 Å². The van der Waals surface area contributed by atoms with E-state index in [0.29, 0.717) is 39.2 Å². The molecular weight excluding hydrogens is 379 g/mol. The minimum atomic E-state index is -1.61. The number of allylic oxidation sites excluding steroid dienone is 1. The van der Waals surface area contributed by atoms with Gasteiger partial charge in [-0.1, -0.05) is 18.2 Å². The molecule has 6 heteroatoms. The van der Waals surface area contributed by atoms with Gasteiger partial charge in [-0.25, -0.2) is 4.39 Å². The van der Waals surface area contributed by atoms with Gasteiger partial charge in [-0.2, -0.15) is 5.26 Å². The van der Waals surface area contributed by atoms with Crippen molar-refractivity contribution in [3.63, 3.8) is 0 Å². The summed E-state index contributed by atoms with van der Waals surface area (Å²) in [4.78, 5) is 14.6. The molecule has 0 bridgehead atoms. The van der Waals surface area contributed by atoms with Gasteiger partial charge in [0.15, 0.2) is 5.67 Å². The molecule has 30 heavy (non-hydrogen) atoms. The molecule has 0 radical (unpaired) electrons. The van der Waals surface area contributed by atoms with Crippen molar-refractivity contribution in [1.82, 2.24) is 4.90 Å². The highest BCUT2D eigenvalue weighted by atomic mass is 19.1. The van der Waals surface area contributed by atoms with Crippen LogP contribution in [0.2, 0.25) is 0 Å². The fourth-order valence-corrected chi connectivity index (χ4v) is 3.68. The van der Waals surface area contributed by atoms with Crippen molar-refractivity contribution in [3.05, 3.63) is 75.4 Å². The van der Waals surface area contributed by atoms with Crippen LogP contribution in [0.1, 0.15) is 52.0 Å². The van der Waals surface area contributed by atoms with Crippen LogP contribution in [0.3, 0.4) is 0 Å². The number of carbonyl (C=O) groups excluding carboxylic acids is 1. The first kappa shape index (κ1) is 21.3. The number of nitriles is 1. The van der Waals surface area contributed by atoms with Gasteiger partial charge in [0.25, 0.3) is 5.91 Å². The Morgan fingerprint density at radius 3 is 2.23 bits per heavy atom. The molecule has 2 aromatic rings. The molecule has 3 rings (SSSR count). The maximum Gasteiger partial charge on any atom is 0.254 e. The molecule has 0 spiro atoms. The smallest absolute Gasteiger partial charge is 0.254 e. The SMILES string of the molecule is CC(=N)/C(C)=C(\N)c1cc(C(=O)N2CC(F)(c3ccc(C#N)cc3)C2)c(C)cc1C. The van der Waals surface area contributed by atoms with Crippen LogP contribution in [-0.4, -0.2) is 29.6 Å². The topological polar surface area (TPSA) is 94.0 Å². The fourth-order valence-electron chi connectivity index (χ4n) is 3.68. The number of hydrogen-bond donors (Lipinski definition) is 2. The zero-order chi connectivity index (χ0) is 22.2. The number of alkyl halides is 1. The van der Waals surface area contributed by atoms with E-state index in [1.165, 1.54) is 4.90 Å². The standard InChI is InChI=1S/C24H25FN4O/c1-14-9-15(2)21(10-20(14)22(28)16(3)17(4)27)23(30)29-12-24(25,13-29)19-7-5-18(11-26)6-8-19/h5-10,27H,12-13,28H2,1-4H3/b22-16-,27-17?. The van der Waals surface area contributed by atoms with Crippen LogP contribution in [0.4, 0.5) is 4.39 Å². The number of nitrogens with two attached hydrogens (primary N) is 1. The predicted molar refractivity (Wildman–Crippen MR) is 116 cm³/mol. The average molecular weight is 404 g/mol. The van der Waals surface area contributed by atoms with Gasteiger partial charge in [0.2, 0.25) is 0 Å². The van der Waals surface area contributed by atoms with Gasteiger partial charge >= 0.3 is 0 Å². The van der Waals surface area contributed by atoms with Crippen LogP contribution < -0.4 is 5.73 Å². The first-order valence-electron chi connectivity index (χ1n) is 9.69. The minimum absolute atomic E-state index is 0.0374. The Morgan fingerprint density at radius 2 is 1.70 bits per heavy atom. The average Bonchev–Trinajstić information content (AvgIpc) is 2.70. The lowest BCUT2D eigenvalue weighted by molar-refractivity contribution is -0.0231. The number of carbonyl (C=O) groups is 1. The second-order valence-corrected chi connectivity index (χ2v) is 7.96. The molecule has 0 saturated carbocycles. The summed E-state index contributed by atoms with van der Waals surface area (Å²) in [5, 5.41) is 16.7. The predicted octanol–water partition coefficient (Wildman–Crippen LogP) is 4.23. The van der Waals surface area contributed by atoms with Gasteiger partial charge in [0.05, 0.1) is 24.7 Å². The Labute approximate surface area is 176 Å². The number of benzene rings is 2. The molecule has 1 saturated heterocycles. The molecule has 3 N–H and O–H groups in total. The molecule has 2 aromatic carbocycles. The van der Waals surface area contributed by atoms with Crippen molar-refractivity contribution in [2.75, 3.05) is 13.1 Å². The molecule has 1 amide bonds. The molecule has 0 unspecified atom stereocenters. The summed E-state index contributed by atoms with van der Waals surface area (Å²) >= 11 is 0. The van der Waals surface area contributed by atoms with Crippen LogP contribution in [0.5, 0.6) is 0 Å². The molecule has 154 valence electrons. The summed E-state index contributed by atoms with van der Waals surface area (Å²) < 4.78 is 15.2. The number of amides is 1. The maximum absolute atomic E-state index is 15.2. The zero-order valence-electron chi connectivity index (χ0n) is 17.6. The van der Waals surface area contributed by atoms with E-state index in [1.807, 2.05) is 26.0 Å². The number of aryl methyl sites for hydroxylation is 2. The van der Waals surface area contributed by atoms with Crippen molar-refractivity contribution >= 4 is 17.3 Å². The van der Waals surface area contributed by atoms with E-state index in [4.69, 9.17) is 16.4 Å². The maximum atomic E-state index is 15.2. The van der Waals surface area contributed by atoms with Crippen molar-refractivity contribution in [2.45, 2.75) is 33.4 Å². The summed E-state index contributed by atoms with van der Waals surface area (Å²) in [6.45, 7) is 7.14. The normalized spacial score (nSPS) is 15.7. The largest absolute Gasteiger partial charge is 0.398 e. The van der Waals surface area contributed by atoms with E-state index in [1.54, 1.807) is 44.2 Å². The number of hydrogen-bond acceptors (Lipinski definition) is 4. The fraction of sp³-hybridized carbons (Fsp3) is 0.292. The summed E-state index contributed by atoms with van der Waals surface area (Å²) in [5.74, 6) is -0.243. The van der Waals surface area contributed by atoms with Crippen molar-refractivity contribution in [3.8, 4) is 6.07 Å². The summed E-state index contributed by atoms with van der Waals surface area (Å²) in [6, 6.07) is 12.0. The van der Waals surface area contributed by atoms with Gasteiger partial charge < -0.3 is 16.0 Å². The molecule has 0 aliphatic carbocycles. The van der Waals surface area contributed by atoms with Crippen molar-refractivity contribution in [2.24, 2.45) is 5.73 Å². The second-order valence-electron chi connectivity index (χ2n) is 7.96. The molecule has 0 atom stereocenters. The third-order valence-corrected chi connectivity index (χ3v) is 5.76. The Bertz CT molecular complexity index is 1100. The minimum Gasteiger partial charge on any atom is -0.398 e. The highest BCUT2D eigenvalue weighted by molar-refractivity contribution is 6.03. The van der Waals surface area contributed by atoms with Crippen LogP contribution in [0.15, 0.2) is 42.0 Å². The van der Waals surface area contributed by atoms with E-state index in [9.17, 15) is 4.79 Å². The lowest BCUT2D eigenvalue weighted by Crippen LogP contribution is -2.58. The Morgan fingerprint density at radius 1 is 1.13 bits per heavy atom. The summed E-state index contributed by atoms with van der Waals surface area (Å²) in [7, 11) is 0. The van der Waals surface area contributed by atoms with E-state index < -0.39 is 5.67 Å². The van der Waals surface area contributed by atoms with Crippen LogP contribution in [0, 0.1) is 30.6 Å². The van der Waals surface area contributed by atoms with Crippen molar-refractivity contribution < 1.29 is 9.18 Å². The van der Waals surface area contributed by atoms with E-state index in [-0.39, 0.29) is 19.0 Å². The Balaban J connectivity index is 1.86. The number of nitrogens with one attached hydrogen (secondary N) is 1. The molecule has 1 fully saturated rings. The van der Waals surface area contributed by atoms with Gasteiger partial charge in [0.1, 0.15) is 0 Å². The molecule has 0 aromatic heterocycles. The number of likely N-dealkylation sites (tertiary alicyclic amines) is 1. The van der Waals surface area contributed by atoms with Gasteiger partial charge in [0, 0.05) is 22.5 Å². The Kier molecular flexibility index (Phi) is 5.49. The lowest BCUT2D eigenvalue weighted by atomic mass is 9.86.